The molecule has 8 saturated heterocycles. The molecule has 8 heterocycles. The zero-order chi connectivity index (χ0) is 63.1. The average Bonchev–Trinajstić information content (AvgIpc) is 3.30. The maximum Gasteiger partial charge on any atom is 0.410 e. The molecule has 8 aliphatic rings. The Morgan fingerprint density at radius 1 is 0.409 bits per heavy atom. The maximum atomic E-state index is 12.2. The normalized spacial score (nSPS) is 22.0. The second kappa shape index (κ2) is 30.5. The zero-order valence-corrected chi connectivity index (χ0v) is 55.5. The van der Waals surface area contributed by atoms with Gasteiger partial charge in [0.05, 0.1) is 4.92 Å². The fourth-order valence-corrected chi connectivity index (χ4v) is 14.5. The van der Waals surface area contributed by atoms with Crippen LogP contribution in [0.3, 0.4) is 0 Å². The number of nitrogens with zero attached hydrogens (tertiary/aromatic N) is 7. The van der Waals surface area contributed by atoms with E-state index in [2.05, 4.69) is 86.0 Å². The molecule has 3 aromatic rings. The number of nitro benzene ring substituents is 1. The van der Waals surface area contributed by atoms with E-state index in [0.29, 0.717) is 21.7 Å². The SMILES string of the molecule is CC(C)(C)OC(=O)N1CCC2(CC1)CCN(c1ccc([N+](=O)[O-])cc1)CC2.CC(C)(C)OC(=O)N1CCC2(CCN(Cc3ccccc3)CC2)CC1.CC(C)(C)OC(=O)N1CCC2(CCNCC2)CC1.c1ccc(CN2CCC3(CCNCC3)CC2)cc1. The van der Waals surface area contributed by atoms with Crippen LogP contribution >= 0.6 is 0 Å². The minimum atomic E-state index is -0.456. The van der Waals surface area contributed by atoms with Crippen LogP contribution in [0.2, 0.25) is 0 Å². The number of hydrogen-bond acceptors (Lipinski definition) is 13. The number of piperidine rings is 8. The molecule has 4 spiro atoms. The zero-order valence-electron chi connectivity index (χ0n) is 55.5. The first-order chi connectivity index (χ1) is 41.8. The first-order valence-electron chi connectivity index (χ1n) is 33.7. The van der Waals surface area contributed by atoms with Crippen LogP contribution < -0.4 is 15.5 Å². The van der Waals surface area contributed by atoms with Crippen molar-refractivity contribution in [1.29, 1.82) is 0 Å². The standard InChI is InChI=1S/C21H32N2O2.C20H29N3O4.C16H24N2.C14H26N2O2/c1-20(2,3)25-19(24)23-15-11-21(12-16-23)9-13-22(14-10-21)17-18-7-5-4-6-8-18;1-19(2,3)27-18(24)22-14-10-20(11-15-22)8-12-21(13-9-20)16-4-6-17(7-5-16)23(25)26;1-2-4-15(5-3-1)14-18-12-8-16(9-13-18)6-10-17-11-7-16;1-13(2,3)18-12(17)16-10-6-14(7-11-16)4-8-15-9-5-14/h4-8H,9-17H2,1-3H3;4-7H,8-15H2,1-3H3;1-5,17H,6-14H2;15H,4-11H2,1-3H3. The van der Waals surface area contributed by atoms with E-state index in [-0.39, 0.29) is 34.5 Å². The first kappa shape index (κ1) is 68.4. The minimum Gasteiger partial charge on any atom is -0.444 e. The van der Waals surface area contributed by atoms with Gasteiger partial charge in [-0.15, -0.1) is 0 Å². The van der Waals surface area contributed by atoms with Crippen LogP contribution in [-0.4, -0.2) is 169 Å². The number of carbonyl (C=O) groups excluding carboxylic acids is 3. The van der Waals surface area contributed by atoms with Gasteiger partial charge in [0.15, 0.2) is 0 Å². The smallest absolute Gasteiger partial charge is 0.410 e. The summed E-state index contributed by atoms with van der Waals surface area (Å²) < 4.78 is 16.4. The van der Waals surface area contributed by atoms with Crippen LogP contribution in [-0.2, 0) is 27.3 Å². The van der Waals surface area contributed by atoms with Crippen LogP contribution in [0.5, 0.6) is 0 Å². The second-order valence-corrected chi connectivity index (χ2v) is 30.2. The molecule has 3 aromatic carbocycles. The highest BCUT2D eigenvalue weighted by atomic mass is 16.6. The predicted molar refractivity (Wildman–Crippen MR) is 352 cm³/mol. The summed E-state index contributed by atoms with van der Waals surface area (Å²) in [5.41, 5.74) is 4.68. The molecule has 488 valence electrons. The Labute approximate surface area is 528 Å². The van der Waals surface area contributed by atoms with E-state index in [0.717, 1.165) is 136 Å². The summed E-state index contributed by atoms with van der Waals surface area (Å²) in [5, 5.41) is 17.7. The molecule has 0 radical (unpaired) electrons. The van der Waals surface area contributed by atoms with E-state index in [1.807, 2.05) is 89.1 Å². The van der Waals surface area contributed by atoms with Crippen LogP contribution in [0.25, 0.3) is 0 Å². The Bertz CT molecular complexity index is 2610. The van der Waals surface area contributed by atoms with Gasteiger partial charge in [-0.1, -0.05) is 60.7 Å². The number of amides is 3. The van der Waals surface area contributed by atoms with Crippen molar-refractivity contribution in [3.05, 3.63) is 106 Å². The Morgan fingerprint density at radius 3 is 0.966 bits per heavy atom. The number of carbonyl (C=O) groups is 3. The molecule has 0 unspecified atom stereocenters. The topological polar surface area (TPSA) is 166 Å². The Balaban J connectivity index is 0.000000154. The Morgan fingerprint density at radius 2 is 0.682 bits per heavy atom. The average molecular weight is 1220 g/mol. The number of anilines is 1. The third kappa shape index (κ3) is 21.0. The van der Waals surface area contributed by atoms with Crippen LogP contribution in [0, 0.1) is 31.8 Å². The number of ether oxygens (including phenoxy) is 3. The Hall–Kier alpha value is -5.49. The lowest BCUT2D eigenvalue weighted by Gasteiger charge is -2.47. The number of benzene rings is 3. The monoisotopic (exact) mass is 1220 g/mol. The number of likely N-dealkylation sites (tertiary alicyclic amines) is 5. The van der Waals surface area contributed by atoms with Gasteiger partial charge in [-0.2, -0.15) is 0 Å². The van der Waals surface area contributed by atoms with E-state index >= 15 is 0 Å². The molecule has 0 saturated carbocycles. The van der Waals surface area contributed by atoms with Crippen molar-refractivity contribution in [3.63, 3.8) is 0 Å². The van der Waals surface area contributed by atoms with E-state index in [1.54, 1.807) is 12.1 Å². The molecule has 8 aliphatic heterocycles. The van der Waals surface area contributed by atoms with Crippen molar-refractivity contribution < 1.29 is 33.5 Å². The molecule has 11 rings (SSSR count). The summed E-state index contributed by atoms with van der Waals surface area (Å²) in [6.45, 7) is 35.9. The van der Waals surface area contributed by atoms with Crippen LogP contribution in [0.1, 0.15) is 176 Å². The maximum absolute atomic E-state index is 12.2. The van der Waals surface area contributed by atoms with E-state index in [9.17, 15) is 24.5 Å². The van der Waals surface area contributed by atoms with Gasteiger partial charge in [0.2, 0.25) is 0 Å². The van der Waals surface area contributed by atoms with Crippen molar-refractivity contribution in [3.8, 4) is 0 Å². The number of nitrogens with one attached hydrogen (secondary N) is 2. The minimum absolute atomic E-state index is 0.127. The van der Waals surface area contributed by atoms with Crippen molar-refractivity contribution in [2.75, 3.05) is 110 Å². The summed E-state index contributed by atoms with van der Waals surface area (Å²) >= 11 is 0. The van der Waals surface area contributed by atoms with E-state index in [4.69, 9.17) is 14.2 Å². The van der Waals surface area contributed by atoms with E-state index in [1.165, 1.54) is 102 Å². The first-order valence-corrected chi connectivity index (χ1v) is 33.7. The summed E-state index contributed by atoms with van der Waals surface area (Å²) in [6, 6.07) is 28.4. The number of rotatable bonds is 6. The molecule has 8 fully saturated rings. The molecule has 0 bridgehead atoms. The highest BCUT2D eigenvalue weighted by molar-refractivity contribution is 5.69. The van der Waals surface area contributed by atoms with Crippen molar-refractivity contribution in [1.82, 2.24) is 35.1 Å². The summed E-state index contributed by atoms with van der Waals surface area (Å²) in [4.78, 5) is 60.0. The molecule has 17 heteroatoms. The van der Waals surface area contributed by atoms with Crippen molar-refractivity contribution in [2.24, 2.45) is 21.7 Å². The van der Waals surface area contributed by atoms with Crippen molar-refractivity contribution in [2.45, 2.75) is 195 Å². The second-order valence-electron chi connectivity index (χ2n) is 30.2. The van der Waals surface area contributed by atoms with Gasteiger partial charge in [0.25, 0.3) is 5.69 Å². The van der Waals surface area contributed by atoms with Crippen LogP contribution in [0.15, 0.2) is 84.9 Å². The lowest BCUT2D eigenvalue weighted by molar-refractivity contribution is -0.384. The largest absolute Gasteiger partial charge is 0.444 e. The predicted octanol–water partition coefficient (Wildman–Crippen LogP) is 13.6. The van der Waals surface area contributed by atoms with Crippen LogP contribution in [0.4, 0.5) is 25.8 Å². The van der Waals surface area contributed by atoms with Crippen molar-refractivity contribution >= 4 is 29.7 Å². The fraction of sp³-hybridized carbons (Fsp3) is 0.704. The molecule has 88 heavy (non-hydrogen) atoms. The molecule has 0 aromatic heterocycles. The number of non-ortho nitro benzene ring substituents is 1. The van der Waals surface area contributed by atoms with Gasteiger partial charge < -0.3 is 44.4 Å². The van der Waals surface area contributed by atoms with Gasteiger partial charge in [-0.3, -0.25) is 19.9 Å². The summed E-state index contributed by atoms with van der Waals surface area (Å²) in [5.74, 6) is 0. The number of hydrogen-bond donors (Lipinski definition) is 2. The van der Waals surface area contributed by atoms with Gasteiger partial charge >= 0.3 is 18.3 Å². The van der Waals surface area contributed by atoms with E-state index < -0.39 is 11.2 Å². The third-order valence-electron chi connectivity index (χ3n) is 20.3. The molecule has 17 nitrogen and oxygen atoms in total. The lowest BCUT2D eigenvalue weighted by atomic mass is 9.71. The molecule has 0 aliphatic carbocycles. The number of nitro groups is 1. The molecule has 0 atom stereocenters. The lowest BCUT2D eigenvalue weighted by Crippen LogP contribution is -2.49. The van der Waals surface area contributed by atoms with Gasteiger partial charge in [0.1, 0.15) is 16.8 Å². The fourth-order valence-electron chi connectivity index (χ4n) is 14.5. The highest BCUT2D eigenvalue weighted by Gasteiger charge is 2.42. The van der Waals surface area contributed by atoms with Gasteiger partial charge in [-0.05, 0) is 262 Å². The van der Waals surface area contributed by atoms with Gasteiger partial charge in [0, 0.05) is 83.3 Å². The van der Waals surface area contributed by atoms with Gasteiger partial charge in [-0.25, -0.2) is 14.4 Å². The third-order valence-corrected chi connectivity index (χ3v) is 20.3. The summed E-state index contributed by atoms with van der Waals surface area (Å²) in [7, 11) is 0. The molecule has 2 N–H and O–H groups in total. The summed E-state index contributed by atoms with van der Waals surface area (Å²) in [6.07, 6.45) is 18.8. The molecule has 3 amide bonds. The quantitative estimate of drug-likeness (QED) is 0.136. The highest BCUT2D eigenvalue weighted by Crippen LogP contribution is 2.45. The molecular formula is C71H111N9O8. The Kier molecular flexibility index (Phi) is 23.8. The molecular weight excluding hydrogens is 1110 g/mol.